The third-order valence-corrected chi connectivity index (χ3v) is 3.78. The van der Waals surface area contributed by atoms with E-state index in [2.05, 4.69) is 19.1 Å². The van der Waals surface area contributed by atoms with Gasteiger partial charge in [-0.2, -0.15) is 0 Å². The summed E-state index contributed by atoms with van der Waals surface area (Å²) in [6, 6.07) is 4.14. The van der Waals surface area contributed by atoms with Crippen molar-refractivity contribution in [2.75, 3.05) is 6.61 Å². The predicted molar refractivity (Wildman–Crippen MR) is 69.4 cm³/mol. The number of benzene rings is 1. The Hall–Kier alpha value is -1.02. The average Bonchev–Trinajstić information content (AvgIpc) is 2.20. The number of ether oxygens (including phenoxy) is 1. The second kappa shape index (κ2) is 5.09. The van der Waals surface area contributed by atoms with Crippen LogP contribution in [0, 0.1) is 19.8 Å². The highest BCUT2D eigenvalue weighted by atomic mass is 16.5. The quantitative estimate of drug-likeness (QED) is 0.863. The minimum atomic E-state index is -0.293. The van der Waals surface area contributed by atoms with Crippen LogP contribution in [0.15, 0.2) is 12.1 Å². The molecule has 0 aliphatic heterocycles. The van der Waals surface area contributed by atoms with E-state index in [1.807, 2.05) is 13.8 Å². The van der Waals surface area contributed by atoms with Gasteiger partial charge in [0.2, 0.25) is 0 Å². The summed E-state index contributed by atoms with van der Waals surface area (Å²) in [6.07, 6.45) is 3.29. The van der Waals surface area contributed by atoms with Gasteiger partial charge in [0.15, 0.2) is 0 Å². The first-order valence-corrected chi connectivity index (χ1v) is 6.55. The summed E-state index contributed by atoms with van der Waals surface area (Å²) < 4.78 is 5.57. The molecular weight excluding hydrogens is 212 g/mol. The SMILES string of the molecule is CCOc1cc(C)c(C(O)C2CCC2)cc1C. The van der Waals surface area contributed by atoms with Gasteiger partial charge in [-0.15, -0.1) is 0 Å². The van der Waals surface area contributed by atoms with Crippen molar-refractivity contribution in [3.05, 3.63) is 28.8 Å². The van der Waals surface area contributed by atoms with E-state index in [1.165, 1.54) is 6.42 Å². The summed E-state index contributed by atoms with van der Waals surface area (Å²) in [7, 11) is 0. The Balaban J connectivity index is 2.25. The van der Waals surface area contributed by atoms with Gasteiger partial charge in [0, 0.05) is 0 Å². The minimum Gasteiger partial charge on any atom is -0.494 e. The van der Waals surface area contributed by atoms with Crippen molar-refractivity contribution in [1.29, 1.82) is 0 Å². The lowest BCUT2D eigenvalue weighted by molar-refractivity contribution is 0.0615. The summed E-state index contributed by atoms with van der Waals surface area (Å²) in [5.74, 6) is 1.40. The third-order valence-electron chi connectivity index (χ3n) is 3.78. The van der Waals surface area contributed by atoms with Crippen LogP contribution in [-0.4, -0.2) is 11.7 Å². The van der Waals surface area contributed by atoms with Gasteiger partial charge in [-0.25, -0.2) is 0 Å². The van der Waals surface area contributed by atoms with Gasteiger partial charge in [-0.3, -0.25) is 0 Å². The molecule has 0 bridgehead atoms. The zero-order chi connectivity index (χ0) is 12.4. The summed E-state index contributed by atoms with van der Waals surface area (Å²) in [6.45, 7) is 6.78. The van der Waals surface area contributed by atoms with Crippen molar-refractivity contribution in [2.45, 2.75) is 46.1 Å². The van der Waals surface area contributed by atoms with Crippen LogP contribution in [0.25, 0.3) is 0 Å². The van der Waals surface area contributed by atoms with Gasteiger partial charge in [0.1, 0.15) is 5.75 Å². The fraction of sp³-hybridized carbons (Fsp3) is 0.600. The van der Waals surface area contributed by atoms with Gasteiger partial charge in [0.25, 0.3) is 0 Å². The van der Waals surface area contributed by atoms with Crippen LogP contribution in [0.4, 0.5) is 0 Å². The second-order valence-corrected chi connectivity index (χ2v) is 5.04. The number of hydrogen-bond acceptors (Lipinski definition) is 2. The Kier molecular flexibility index (Phi) is 3.72. The molecule has 0 amide bonds. The fourth-order valence-corrected chi connectivity index (χ4v) is 2.45. The average molecular weight is 234 g/mol. The highest BCUT2D eigenvalue weighted by molar-refractivity contribution is 5.42. The van der Waals surface area contributed by atoms with Crippen LogP contribution >= 0.6 is 0 Å². The van der Waals surface area contributed by atoms with E-state index in [0.717, 1.165) is 35.3 Å². The molecule has 0 saturated heterocycles. The van der Waals surface area contributed by atoms with Crippen LogP contribution < -0.4 is 4.74 Å². The van der Waals surface area contributed by atoms with E-state index < -0.39 is 0 Å². The molecule has 2 heteroatoms. The standard InChI is InChI=1S/C15H22O2/c1-4-17-14-9-10(2)13(8-11(14)3)15(16)12-6-5-7-12/h8-9,12,15-16H,4-7H2,1-3H3. The lowest BCUT2D eigenvalue weighted by Gasteiger charge is -2.31. The van der Waals surface area contributed by atoms with Crippen LogP contribution in [0.3, 0.4) is 0 Å². The van der Waals surface area contributed by atoms with Gasteiger partial charge in [-0.05, 0) is 68.4 Å². The molecule has 0 heterocycles. The highest BCUT2D eigenvalue weighted by Gasteiger charge is 2.28. The molecule has 1 aliphatic rings. The van der Waals surface area contributed by atoms with E-state index >= 15 is 0 Å². The number of hydrogen-bond donors (Lipinski definition) is 1. The number of aliphatic hydroxyl groups is 1. The summed E-state index contributed by atoms with van der Waals surface area (Å²) in [5, 5.41) is 10.3. The molecular formula is C15H22O2. The molecule has 94 valence electrons. The van der Waals surface area contributed by atoms with E-state index in [0.29, 0.717) is 12.5 Å². The van der Waals surface area contributed by atoms with Gasteiger partial charge in [0.05, 0.1) is 12.7 Å². The summed E-state index contributed by atoms with van der Waals surface area (Å²) in [4.78, 5) is 0. The van der Waals surface area contributed by atoms with Crippen LogP contribution in [0.1, 0.15) is 49.0 Å². The van der Waals surface area contributed by atoms with Crippen molar-refractivity contribution in [3.63, 3.8) is 0 Å². The molecule has 1 aromatic carbocycles. The second-order valence-electron chi connectivity index (χ2n) is 5.04. The maximum absolute atomic E-state index is 10.3. The van der Waals surface area contributed by atoms with Crippen molar-refractivity contribution in [1.82, 2.24) is 0 Å². The van der Waals surface area contributed by atoms with Crippen molar-refractivity contribution >= 4 is 0 Å². The third kappa shape index (κ3) is 2.47. The smallest absolute Gasteiger partial charge is 0.122 e. The number of aryl methyl sites for hydroxylation is 2. The normalized spacial score (nSPS) is 17.6. The Morgan fingerprint density at radius 2 is 2.00 bits per heavy atom. The molecule has 1 saturated carbocycles. The molecule has 1 aliphatic carbocycles. The minimum absolute atomic E-state index is 0.293. The number of aliphatic hydroxyl groups excluding tert-OH is 1. The van der Waals surface area contributed by atoms with Crippen molar-refractivity contribution in [3.8, 4) is 5.75 Å². The maximum atomic E-state index is 10.3. The number of rotatable bonds is 4. The first-order valence-electron chi connectivity index (χ1n) is 6.55. The molecule has 17 heavy (non-hydrogen) atoms. The van der Waals surface area contributed by atoms with Gasteiger partial charge >= 0.3 is 0 Å². The first kappa shape index (κ1) is 12.4. The fourth-order valence-electron chi connectivity index (χ4n) is 2.45. The van der Waals surface area contributed by atoms with E-state index in [4.69, 9.17) is 4.74 Å². The highest BCUT2D eigenvalue weighted by Crippen LogP contribution is 2.39. The Labute approximate surface area is 104 Å². The van der Waals surface area contributed by atoms with Gasteiger partial charge in [-0.1, -0.05) is 6.42 Å². The summed E-state index contributed by atoms with van der Waals surface area (Å²) >= 11 is 0. The summed E-state index contributed by atoms with van der Waals surface area (Å²) in [5.41, 5.74) is 3.33. The lowest BCUT2D eigenvalue weighted by Crippen LogP contribution is -2.20. The molecule has 2 nitrogen and oxygen atoms in total. The molecule has 1 fully saturated rings. The molecule has 2 rings (SSSR count). The molecule has 0 spiro atoms. The van der Waals surface area contributed by atoms with Crippen LogP contribution in [0.2, 0.25) is 0 Å². The molecule has 0 radical (unpaired) electrons. The topological polar surface area (TPSA) is 29.5 Å². The Morgan fingerprint density at radius 3 is 2.53 bits per heavy atom. The van der Waals surface area contributed by atoms with E-state index in [1.54, 1.807) is 0 Å². The molecule has 1 N–H and O–H groups in total. The van der Waals surface area contributed by atoms with Crippen molar-refractivity contribution < 1.29 is 9.84 Å². The molecule has 1 unspecified atom stereocenters. The Bertz CT molecular complexity index is 394. The first-order chi connectivity index (χ1) is 8.13. The molecule has 1 aromatic rings. The lowest BCUT2D eigenvalue weighted by atomic mass is 9.77. The van der Waals surface area contributed by atoms with E-state index in [-0.39, 0.29) is 6.10 Å². The van der Waals surface area contributed by atoms with E-state index in [9.17, 15) is 5.11 Å². The zero-order valence-electron chi connectivity index (χ0n) is 11.0. The van der Waals surface area contributed by atoms with Gasteiger partial charge < -0.3 is 9.84 Å². The Morgan fingerprint density at radius 1 is 1.29 bits per heavy atom. The van der Waals surface area contributed by atoms with Crippen LogP contribution in [0.5, 0.6) is 5.75 Å². The monoisotopic (exact) mass is 234 g/mol. The predicted octanol–water partition coefficient (Wildman–Crippen LogP) is 3.54. The van der Waals surface area contributed by atoms with Crippen molar-refractivity contribution in [2.24, 2.45) is 5.92 Å². The largest absolute Gasteiger partial charge is 0.494 e. The van der Waals surface area contributed by atoms with Crippen LogP contribution in [-0.2, 0) is 0 Å². The maximum Gasteiger partial charge on any atom is 0.122 e. The molecule has 0 aromatic heterocycles. The zero-order valence-corrected chi connectivity index (χ0v) is 11.0. The molecule has 1 atom stereocenters.